The summed E-state index contributed by atoms with van der Waals surface area (Å²) in [6.07, 6.45) is 0.00234. The molecule has 21 heavy (non-hydrogen) atoms. The lowest BCUT2D eigenvalue weighted by Gasteiger charge is -2.04. The Hall–Kier alpha value is -2.18. The standard InChI is InChI=1S/C14H10ClN3O2S/c15-10-3-1-2-4-11(10)16-12(19)7-13-17-18-14(20-13)9-5-6-21-8-9/h1-6,8H,7H2,(H,16,19). The van der Waals surface area contributed by atoms with Gasteiger partial charge in [0.2, 0.25) is 17.7 Å². The molecule has 7 heteroatoms. The van der Waals surface area contributed by atoms with E-state index in [-0.39, 0.29) is 18.2 Å². The third-order valence-electron chi connectivity index (χ3n) is 2.69. The van der Waals surface area contributed by atoms with Crippen LogP contribution in [0, 0.1) is 0 Å². The zero-order chi connectivity index (χ0) is 14.7. The average Bonchev–Trinajstić information content (AvgIpc) is 3.12. The van der Waals surface area contributed by atoms with Gasteiger partial charge in [0.15, 0.2) is 0 Å². The smallest absolute Gasteiger partial charge is 0.248 e. The number of anilines is 1. The second-order valence-electron chi connectivity index (χ2n) is 4.22. The number of halogens is 1. The molecule has 3 aromatic rings. The highest BCUT2D eigenvalue weighted by molar-refractivity contribution is 7.08. The van der Waals surface area contributed by atoms with Crippen LogP contribution < -0.4 is 5.32 Å². The Morgan fingerprint density at radius 3 is 2.90 bits per heavy atom. The molecule has 0 atom stereocenters. The van der Waals surface area contributed by atoms with Crippen LogP contribution in [0.4, 0.5) is 5.69 Å². The van der Waals surface area contributed by atoms with E-state index < -0.39 is 0 Å². The molecule has 2 aromatic heterocycles. The maximum atomic E-state index is 11.9. The van der Waals surface area contributed by atoms with Crippen molar-refractivity contribution < 1.29 is 9.21 Å². The second-order valence-corrected chi connectivity index (χ2v) is 5.41. The van der Waals surface area contributed by atoms with Crippen LogP contribution in [0.3, 0.4) is 0 Å². The van der Waals surface area contributed by atoms with Gasteiger partial charge in [-0.2, -0.15) is 11.3 Å². The van der Waals surface area contributed by atoms with Crippen molar-refractivity contribution in [3.8, 4) is 11.5 Å². The van der Waals surface area contributed by atoms with Crippen molar-refractivity contribution in [2.75, 3.05) is 5.32 Å². The first-order chi connectivity index (χ1) is 10.2. The van der Waals surface area contributed by atoms with Crippen LogP contribution in [-0.2, 0) is 11.2 Å². The number of nitrogens with zero attached hydrogens (tertiary/aromatic N) is 2. The van der Waals surface area contributed by atoms with Crippen LogP contribution in [0.15, 0.2) is 45.5 Å². The molecule has 0 saturated carbocycles. The molecule has 0 aliphatic rings. The van der Waals surface area contributed by atoms with Crippen LogP contribution in [-0.4, -0.2) is 16.1 Å². The molecule has 1 aromatic carbocycles. The Balaban J connectivity index is 1.67. The molecule has 106 valence electrons. The van der Waals surface area contributed by atoms with Crippen molar-refractivity contribution in [1.29, 1.82) is 0 Å². The summed E-state index contributed by atoms with van der Waals surface area (Å²) >= 11 is 7.52. The summed E-state index contributed by atoms with van der Waals surface area (Å²) < 4.78 is 5.46. The Labute approximate surface area is 129 Å². The maximum absolute atomic E-state index is 11.9. The first-order valence-electron chi connectivity index (χ1n) is 6.12. The van der Waals surface area contributed by atoms with Crippen molar-refractivity contribution in [3.63, 3.8) is 0 Å². The Kier molecular flexibility index (Phi) is 3.98. The number of hydrogen-bond donors (Lipinski definition) is 1. The first-order valence-corrected chi connectivity index (χ1v) is 7.44. The molecule has 0 aliphatic heterocycles. The van der Waals surface area contributed by atoms with Crippen LogP contribution in [0.5, 0.6) is 0 Å². The fourth-order valence-electron chi connectivity index (χ4n) is 1.72. The molecule has 2 heterocycles. The van der Waals surface area contributed by atoms with E-state index in [9.17, 15) is 4.79 Å². The van der Waals surface area contributed by atoms with Gasteiger partial charge < -0.3 is 9.73 Å². The number of rotatable bonds is 4. The van der Waals surface area contributed by atoms with E-state index >= 15 is 0 Å². The Bertz CT molecular complexity index is 755. The van der Waals surface area contributed by atoms with Gasteiger partial charge in [0, 0.05) is 10.9 Å². The van der Waals surface area contributed by atoms with Gasteiger partial charge in [0.05, 0.1) is 10.7 Å². The van der Waals surface area contributed by atoms with E-state index in [1.807, 2.05) is 16.8 Å². The lowest BCUT2D eigenvalue weighted by Crippen LogP contribution is -2.14. The van der Waals surface area contributed by atoms with E-state index in [1.54, 1.807) is 24.3 Å². The second kappa shape index (κ2) is 6.07. The predicted octanol–water partition coefficient (Wildman–Crippen LogP) is 3.63. The Morgan fingerprint density at radius 1 is 1.29 bits per heavy atom. The summed E-state index contributed by atoms with van der Waals surface area (Å²) in [6.45, 7) is 0. The Morgan fingerprint density at radius 2 is 2.14 bits per heavy atom. The normalized spacial score (nSPS) is 10.5. The molecule has 1 N–H and O–H groups in total. The molecule has 5 nitrogen and oxygen atoms in total. The van der Waals surface area contributed by atoms with Gasteiger partial charge in [-0.15, -0.1) is 10.2 Å². The molecular weight excluding hydrogens is 310 g/mol. The summed E-state index contributed by atoms with van der Waals surface area (Å²) in [5.74, 6) is 0.418. The molecule has 0 spiro atoms. The van der Waals surface area contributed by atoms with Gasteiger partial charge in [-0.1, -0.05) is 23.7 Å². The van der Waals surface area contributed by atoms with Crippen molar-refractivity contribution in [3.05, 3.63) is 52.0 Å². The van der Waals surface area contributed by atoms with Crippen LogP contribution in [0.1, 0.15) is 5.89 Å². The summed E-state index contributed by atoms with van der Waals surface area (Å²) in [4.78, 5) is 11.9. The third kappa shape index (κ3) is 3.29. The van der Waals surface area contributed by atoms with Gasteiger partial charge in [-0.3, -0.25) is 4.79 Å². The van der Waals surface area contributed by atoms with Crippen LogP contribution in [0.25, 0.3) is 11.5 Å². The minimum atomic E-state index is -0.261. The molecular formula is C14H10ClN3O2S. The molecule has 0 unspecified atom stereocenters. The third-order valence-corrected chi connectivity index (χ3v) is 3.71. The highest BCUT2D eigenvalue weighted by atomic mass is 35.5. The quantitative estimate of drug-likeness (QED) is 0.797. The predicted molar refractivity (Wildman–Crippen MR) is 81.4 cm³/mol. The average molecular weight is 320 g/mol. The number of thiophene rings is 1. The number of benzene rings is 1. The number of carbonyl (C=O) groups excluding carboxylic acids is 1. The molecule has 1 amide bonds. The summed E-state index contributed by atoms with van der Waals surface area (Å²) in [7, 11) is 0. The molecule has 0 radical (unpaired) electrons. The van der Waals surface area contributed by atoms with E-state index in [2.05, 4.69) is 15.5 Å². The largest absolute Gasteiger partial charge is 0.420 e. The number of para-hydroxylation sites is 1. The van der Waals surface area contributed by atoms with Crippen molar-refractivity contribution >= 4 is 34.5 Å². The molecule has 0 bridgehead atoms. The van der Waals surface area contributed by atoms with E-state index in [4.69, 9.17) is 16.0 Å². The number of aromatic nitrogens is 2. The monoisotopic (exact) mass is 319 g/mol. The van der Waals surface area contributed by atoms with Gasteiger partial charge in [0.25, 0.3) is 0 Å². The minimum Gasteiger partial charge on any atom is -0.420 e. The van der Waals surface area contributed by atoms with E-state index in [0.29, 0.717) is 16.6 Å². The lowest BCUT2D eigenvalue weighted by molar-refractivity contribution is -0.115. The highest BCUT2D eigenvalue weighted by Gasteiger charge is 2.13. The summed E-state index contributed by atoms with van der Waals surface area (Å²) in [5, 5.41) is 14.8. The number of hydrogen-bond acceptors (Lipinski definition) is 5. The number of nitrogens with one attached hydrogen (secondary N) is 1. The zero-order valence-corrected chi connectivity index (χ0v) is 12.3. The van der Waals surface area contributed by atoms with Crippen LogP contribution >= 0.6 is 22.9 Å². The van der Waals surface area contributed by atoms with E-state index in [0.717, 1.165) is 5.56 Å². The number of amides is 1. The molecule has 0 aliphatic carbocycles. The SMILES string of the molecule is O=C(Cc1nnc(-c2ccsc2)o1)Nc1ccccc1Cl. The fourth-order valence-corrected chi connectivity index (χ4v) is 2.53. The van der Waals surface area contributed by atoms with Gasteiger partial charge >= 0.3 is 0 Å². The lowest BCUT2D eigenvalue weighted by atomic mass is 10.3. The first kappa shape index (κ1) is 13.8. The van der Waals surface area contributed by atoms with Crippen molar-refractivity contribution in [1.82, 2.24) is 10.2 Å². The topological polar surface area (TPSA) is 68.0 Å². The van der Waals surface area contributed by atoms with Gasteiger partial charge in [-0.05, 0) is 23.6 Å². The fraction of sp³-hybridized carbons (Fsp3) is 0.0714. The van der Waals surface area contributed by atoms with Crippen molar-refractivity contribution in [2.24, 2.45) is 0 Å². The maximum Gasteiger partial charge on any atom is 0.248 e. The molecule has 3 rings (SSSR count). The van der Waals surface area contributed by atoms with Gasteiger partial charge in [0.1, 0.15) is 6.42 Å². The summed E-state index contributed by atoms with van der Waals surface area (Å²) in [6, 6.07) is 8.90. The zero-order valence-electron chi connectivity index (χ0n) is 10.7. The molecule has 0 saturated heterocycles. The van der Waals surface area contributed by atoms with Crippen LogP contribution in [0.2, 0.25) is 5.02 Å². The van der Waals surface area contributed by atoms with E-state index in [1.165, 1.54) is 11.3 Å². The summed E-state index contributed by atoms with van der Waals surface area (Å²) in [5.41, 5.74) is 1.41. The van der Waals surface area contributed by atoms with Crippen molar-refractivity contribution in [2.45, 2.75) is 6.42 Å². The van der Waals surface area contributed by atoms with Gasteiger partial charge in [-0.25, -0.2) is 0 Å². The highest BCUT2D eigenvalue weighted by Crippen LogP contribution is 2.22. The number of carbonyl (C=O) groups is 1. The minimum absolute atomic E-state index is 0.00234. The molecule has 0 fully saturated rings.